The van der Waals surface area contributed by atoms with Gasteiger partial charge in [0.1, 0.15) is 11.5 Å². The van der Waals surface area contributed by atoms with E-state index in [1.807, 2.05) is 0 Å². The minimum Gasteiger partial charge on any atom is -0.497 e. The predicted octanol–water partition coefficient (Wildman–Crippen LogP) is 1.96. The molecule has 1 amide bonds. The monoisotopic (exact) mass is 505 g/mol. The van der Waals surface area contributed by atoms with Gasteiger partial charge in [-0.15, -0.1) is 0 Å². The van der Waals surface area contributed by atoms with E-state index in [2.05, 4.69) is 32.3 Å². The minimum absolute atomic E-state index is 0.0320. The molecule has 0 bridgehead atoms. The number of piperazine rings is 1. The summed E-state index contributed by atoms with van der Waals surface area (Å²) in [6.45, 7) is 7.68. The second-order valence-electron chi connectivity index (χ2n) is 9.70. The van der Waals surface area contributed by atoms with Gasteiger partial charge in [0.15, 0.2) is 15.7 Å². The van der Waals surface area contributed by atoms with Gasteiger partial charge < -0.3 is 19.5 Å². The van der Waals surface area contributed by atoms with Gasteiger partial charge in [0.05, 0.1) is 12.0 Å². The Kier molecular flexibility index (Phi) is 7.77. The van der Waals surface area contributed by atoms with Crippen LogP contribution >= 0.6 is 0 Å². The molecule has 35 heavy (non-hydrogen) atoms. The summed E-state index contributed by atoms with van der Waals surface area (Å²) in [6, 6.07) is 3.84. The van der Waals surface area contributed by atoms with Crippen LogP contribution in [0.4, 0.5) is 0 Å². The lowest BCUT2D eigenvalue weighted by atomic mass is 9.89. The molecule has 11 heteroatoms. The largest absolute Gasteiger partial charge is 0.497 e. The van der Waals surface area contributed by atoms with Crippen LogP contribution in [-0.2, 0) is 15.6 Å². The number of amides is 1. The lowest BCUT2D eigenvalue weighted by Gasteiger charge is -2.41. The normalized spacial score (nSPS) is 22.2. The summed E-state index contributed by atoms with van der Waals surface area (Å²) < 4.78 is 36.5. The van der Waals surface area contributed by atoms with Crippen LogP contribution in [0.1, 0.15) is 53.3 Å². The number of nitrogens with zero attached hydrogens (tertiary/aromatic N) is 4. The van der Waals surface area contributed by atoms with E-state index < -0.39 is 21.5 Å². The molecule has 10 nitrogen and oxygen atoms in total. The van der Waals surface area contributed by atoms with Gasteiger partial charge in [-0.25, -0.2) is 8.42 Å². The molecule has 0 radical (unpaired) electrons. The molecule has 1 aromatic heterocycles. The van der Waals surface area contributed by atoms with Crippen molar-refractivity contribution in [1.82, 2.24) is 25.3 Å². The number of carbonyl (C=O) groups is 1. The quantitative estimate of drug-likeness (QED) is 0.602. The van der Waals surface area contributed by atoms with E-state index in [0.29, 0.717) is 22.9 Å². The molecule has 2 atom stereocenters. The lowest BCUT2D eigenvalue weighted by Crippen LogP contribution is -2.52. The third-order valence-electron chi connectivity index (χ3n) is 7.00. The van der Waals surface area contributed by atoms with Gasteiger partial charge in [0, 0.05) is 38.3 Å². The number of benzene rings is 1. The maximum absolute atomic E-state index is 13.1. The molecule has 2 fully saturated rings. The van der Waals surface area contributed by atoms with Crippen molar-refractivity contribution < 1.29 is 22.5 Å². The number of sulfone groups is 1. The van der Waals surface area contributed by atoms with Crippen molar-refractivity contribution in [2.75, 3.05) is 40.3 Å². The number of methoxy groups -OCH3 is 1. The zero-order chi connectivity index (χ0) is 25.2. The summed E-state index contributed by atoms with van der Waals surface area (Å²) in [5.41, 5.74) is 1.16. The van der Waals surface area contributed by atoms with E-state index >= 15 is 0 Å². The molecule has 1 N–H and O–H groups in total. The number of hydrogen-bond acceptors (Lipinski definition) is 9. The number of aryl methyl sites for hydroxylation is 2. The Balaban J connectivity index is 1.38. The fourth-order valence-corrected chi connectivity index (χ4v) is 6.93. The molecule has 1 aliphatic heterocycles. The number of aromatic nitrogens is 2. The standard InChI is InChI=1S/C24H35N5O5S/c1-16-12-20(33-4)13-17(2)22(16)35(31,32)15-21-26-24(34-27-21)23(30)25-18-6-5-7-19(14-18)29-10-8-28(3)9-11-29/h12-13,18-19H,5-11,14-15H2,1-4H3,(H,25,30)/t18-,19+/m0/s1. The molecule has 192 valence electrons. The first kappa shape index (κ1) is 25.6. The Morgan fingerprint density at radius 3 is 2.51 bits per heavy atom. The van der Waals surface area contributed by atoms with E-state index in [-0.39, 0.29) is 22.7 Å². The average molecular weight is 506 g/mol. The van der Waals surface area contributed by atoms with Gasteiger partial charge in [-0.3, -0.25) is 9.69 Å². The molecule has 2 aromatic rings. The van der Waals surface area contributed by atoms with Crippen molar-refractivity contribution in [3.63, 3.8) is 0 Å². The summed E-state index contributed by atoms with van der Waals surface area (Å²) in [6.07, 6.45) is 3.99. The summed E-state index contributed by atoms with van der Waals surface area (Å²) in [7, 11) is -0.0649. The van der Waals surface area contributed by atoms with Crippen molar-refractivity contribution in [3.8, 4) is 5.75 Å². The first-order chi connectivity index (χ1) is 16.7. The van der Waals surface area contributed by atoms with Crippen molar-refractivity contribution in [1.29, 1.82) is 0 Å². The number of hydrogen-bond donors (Lipinski definition) is 1. The fourth-order valence-electron chi connectivity index (χ4n) is 5.23. The number of carbonyl (C=O) groups excluding carboxylic acids is 1. The van der Waals surface area contributed by atoms with Gasteiger partial charge in [0.25, 0.3) is 0 Å². The molecule has 1 saturated carbocycles. The average Bonchev–Trinajstić information content (AvgIpc) is 3.27. The Labute approximate surface area is 206 Å². The van der Waals surface area contributed by atoms with Crippen molar-refractivity contribution in [3.05, 3.63) is 35.0 Å². The summed E-state index contributed by atoms with van der Waals surface area (Å²) in [4.78, 5) is 21.9. The predicted molar refractivity (Wildman–Crippen MR) is 130 cm³/mol. The molecule has 4 rings (SSSR count). The summed E-state index contributed by atoms with van der Waals surface area (Å²) in [5, 5.41) is 6.78. The van der Waals surface area contributed by atoms with Gasteiger partial charge >= 0.3 is 11.8 Å². The van der Waals surface area contributed by atoms with Crippen LogP contribution < -0.4 is 10.1 Å². The third-order valence-corrected chi connectivity index (χ3v) is 8.90. The third kappa shape index (κ3) is 6.02. The van der Waals surface area contributed by atoms with Crippen LogP contribution in [0.5, 0.6) is 5.75 Å². The molecule has 2 heterocycles. The van der Waals surface area contributed by atoms with Crippen LogP contribution in [0, 0.1) is 13.8 Å². The van der Waals surface area contributed by atoms with Crippen LogP contribution in [0.2, 0.25) is 0 Å². The van der Waals surface area contributed by atoms with E-state index in [9.17, 15) is 13.2 Å². The molecular formula is C24H35N5O5S. The van der Waals surface area contributed by atoms with E-state index in [4.69, 9.17) is 9.26 Å². The second kappa shape index (κ2) is 10.6. The first-order valence-electron chi connectivity index (χ1n) is 12.1. The molecule has 2 aliphatic rings. The highest BCUT2D eigenvalue weighted by molar-refractivity contribution is 7.90. The lowest BCUT2D eigenvalue weighted by molar-refractivity contribution is 0.0742. The Bertz CT molecular complexity index is 1130. The molecule has 1 saturated heterocycles. The number of ether oxygens (including phenoxy) is 1. The van der Waals surface area contributed by atoms with Gasteiger partial charge in [-0.05, 0) is 69.8 Å². The van der Waals surface area contributed by atoms with Crippen LogP contribution in [-0.4, -0.2) is 86.7 Å². The van der Waals surface area contributed by atoms with Crippen molar-refractivity contribution in [2.24, 2.45) is 0 Å². The van der Waals surface area contributed by atoms with Crippen LogP contribution in [0.3, 0.4) is 0 Å². The maximum Gasteiger partial charge on any atom is 0.315 e. The zero-order valence-corrected chi connectivity index (χ0v) is 21.7. The van der Waals surface area contributed by atoms with E-state index in [1.54, 1.807) is 26.0 Å². The molecule has 1 aliphatic carbocycles. The van der Waals surface area contributed by atoms with Gasteiger partial charge in [-0.2, -0.15) is 4.98 Å². The highest BCUT2D eigenvalue weighted by Gasteiger charge is 2.31. The van der Waals surface area contributed by atoms with Gasteiger partial charge in [0.2, 0.25) is 0 Å². The van der Waals surface area contributed by atoms with Crippen LogP contribution in [0.25, 0.3) is 0 Å². The summed E-state index contributed by atoms with van der Waals surface area (Å²) >= 11 is 0. The summed E-state index contributed by atoms with van der Waals surface area (Å²) in [5.74, 6) is -0.562. The molecule has 1 aromatic carbocycles. The fraction of sp³-hybridized carbons (Fsp3) is 0.625. The topological polar surface area (TPSA) is 118 Å². The SMILES string of the molecule is COc1cc(C)c(S(=O)(=O)Cc2noc(C(=O)N[C@H]3CCC[C@@H](N4CCN(C)CC4)C3)n2)c(C)c1. The van der Waals surface area contributed by atoms with E-state index in [0.717, 1.165) is 51.9 Å². The van der Waals surface area contributed by atoms with Crippen molar-refractivity contribution >= 4 is 15.7 Å². The van der Waals surface area contributed by atoms with E-state index in [1.165, 1.54) is 7.11 Å². The highest BCUT2D eigenvalue weighted by atomic mass is 32.2. The highest BCUT2D eigenvalue weighted by Crippen LogP contribution is 2.28. The number of likely N-dealkylation sites (N-methyl/N-ethyl adjacent to an activating group) is 1. The zero-order valence-electron chi connectivity index (χ0n) is 20.9. The first-order valence-corrected chi connectivity index (χ1v) is 13.8. The second-order valence-corrected chi connectivity index (χ2v) is 11.6. The van der Waals surface area contributed by atoms with Crippen molar-refractivity contribution in [2.45, 2.75) is 62.3 Å². The molecule has 0 spiro atoms. The minimum atomic E-state index is -3.74. The number of nitrogens with one attached hydrogen (secondary N) is 1. The Hall–Kier alpha value is -2.50. The maximum atomic E-state index is 13.1. The Morgan fingerprint density at radius 1 is 1.17 bits per heavy atom. The smallest absolute Gasteiger partial charge is 0.315 e. The molecular weight excluding hydrogens is 470 g/mol. The number of rotatable bonds is 7. The molecule has 0 unspecified atom stereocenters. The van der Waals surface area contributed by atoms with Crippen LogP contribution in [0.15, 0.2) is 21.6 Å². The Morgan fingerprint density at radius 2 is 1.86 bits per heavy atom. The van der Waals surface area contributed by atoms with Gasteiger partial charge in [-0.1, -0.05) is 5.16 Å².